The van der Waals surface area contributed by atoms with Gasteiger partial charge in [-0.05, 0) is 36.8 Å². The smallest absolute Gasteiger partial charge is 0.0595 e. The average molecular weight is 247 g/mol. The molecule has 1 saturated carbocycles. The number of aromatic nitrogens is 1. The molecule has 1 aromatic heterocycles. The van der Waals surface area contributed by atoms with E-state index >= 15 is 0 Å². The van der Waals surface area contributed by atoms with Crippen LogP contribution in [0.15, 0.2) is 18.3 Å². The van der Waals surface area contributed by atoms with E-state index in [1.807, 2.05) is 6.20 Å². The molecule has 2 heteroatoms. The zero-order valence-corrected chi connectivity index (χ0v) is 11.4. The van der Waals surface area contributed by atoms with Crippen LogP contribution < -0.4 is 0 Å². The Kier molecular flexibility index (Phi) is 5.18. The van der Waals surface area contributed by atoms with Crippen LogP contribution in [-0.4, -0.2) is 16.2 Å². The van der Waals surface area contributed by atoms with Crippen LogP contribution in [-0.2, 0) is 12.8 Å². The first kappa shape index (κ1) is 13.5. The number of hydrogen-bond acceptors (Lipinski definition) is 2. The zero-order chi connectivity index (χ0) is 12.8. The summed E-state index contributed by atoms with van der Waals surface area (Å²) in [6, 6.07) is 4.17. The summed E-state index contributed by atoms with van der Waals surface area (Å²) < 4.78 is 0. The van der Waals surface area contributed by atoms with Gasteiger partial charge in [-0.2, -0.15) is 0 Å². The van der Waals surface area contributed by atoms with Crippen LogP contribution in [0.2, 0.25) is 0 Å². The van der Waals surface area contributed by atoms with E-state index in [9.17, 15) is 5.11 Å². The maximum absolute atomic E-state index is 10.0. The number of pyridine rings is 1. The molecule has 1 fully saturated rings. The van der Waals surface area contributed by atoms with Crippen LogP contribution in [0.5, 0.6) is 0 Å². The van der Waals surface area contributed by atoms with Crippen molar-refractivity contribution >= 4 is 0 Å². The Balaban J connectivity index is 1.73. The van der Waals surface area contributed by atoms with Crippen LogP contribution in [0.3, 0.4) is 0 Å². The summed E-state index contributed by atoms with van der Waals surface area (Å²) in [5, 5.41) is 10.0. The molecule has 1 aliphatic carbocycles. The Bertz CT molecular complexity index is 341. The summed E-state index contributed by atoms with van der Waals surface area (Å²) in [5.41, 5.74) is 2.28. The molecule has 1 heterocycles. The van der Waals surface area contributed by atoms with Crippen molar-refractivity contribution in [3.8, 4) is 0 Å². The van der Waals surface area contributed by atoms with Crippen LogP contribution in [0.4, 0.5) is 0 Å². The predicted molar refractivity (Wildman–Crippen MR) is 74.5 cm³/mol. The van der Waals surface area contributed by atoms with Gasteiger partial charge in [0.15, 0.2) is 0 Å². The molecule has 100 valence electrons. The molecular weight excluding hydrogens is 222 g/mol. The molecule has 1 atom stereocenters. The molecule has 1 N–H and O–H groups in total. The number of nitrogens with zero attached hydrogens (tertiary/aromatic N) is 1. The second-order valence-corrected chi connectivity index (χ2v) is 5.60. The molecule has 2 rings (SSSR count). The van der Waals surface area contributed by atoms with Gasteiger partial charge in [-0.3, -0.25) is 4.98 Å². The van der Waals surface area contributed by atoms with Gasteiger partial charge in [0.2, 0.25) is 0 Å². The van der Waals surface area contributed by atoms with Gasteiger partial charge in [0, 0.05) is 18.3 Å². The molecule has 0 aliphatic heterocycles. The number of rotatable bonds is 6. The molecule has 0 radical (unpaired) electrons. The topological polar surface area (TPSA) is 33.1 Å². The second kappa shape index (κ2) is 6.89. The SMILES string of the molecule is CCc1ccc(CC(O)CCC2CCCC2)nc1. The van der Waals surface area contributed by atoms with E-state index in [1.165, 1.54) is 37.7 Å². The minimum atomic E-state index is -0.217. The number of aliphatic hydroxyl groups excluding tert-OH is 1. The Hall–Kier alpha value is -0.890. The molecule has 18 heavy (non-hydrogen) atoms. The van der Waals surface area contributed by atoms with E-state index in [0.717, 1.165) is 24.5 Å². The fourth-order valence-electron chi connectivity index (χ4n) is 2.86. The van der Waals surface area contributed by atoms with Gasteiger partial charge in [-0.1, -0.05) is 38.7 Å². The third-order valence-electron chi connectivity index (χ3n) is 4.12. The first-order valence-electron chi connectivity index (χ1n) is 7.39. The van der Waals surface area contributed by atoms with Gasteiger partial charge >= 0.3 is 0 Å². The van der Waals surface area contributed by atoms with Crippen molar-refractivity contribution in [1.29, 1.82) is 0 Å². The lowest BCUT2D eigenvalue weighted by Gasteiger charge is -2.13. The zero-order valence-electron chi connectivity index (χ0n) is 11.4. The van der Waals surface area contributed by atoms with E-state index in [4.69, 9.17) is 0 Å². The molecule has 1 aromatic rings. The van der Waals surface area contributed by atoms with Crippen molar-refractivity contribution in [2.24, 2.45) is 5.92 Å². The highest BCUT2D eigenvalue weighted by Crippen LogP contribution is 2.29. The van der Waals surface area contributed by atoms with Gasteiger partial charge < -0.3 is 5.11 Å². The highest BCUT2D eigenvalue weighted by Gasteiger charge is 2.16. The minimum absolute atomic E-state index is 0.217. The summed E-state index contributed by atoms with van der Waals surface area (Å²) in [4.78, 5) is 4.41. The monoisotopic (exact) mass is 247 g/mol. The van der Waals surface area contributed by atoms with Crippen LogP contribution in [0.1, 0.15) is 56.7 Å². The predicted octanol–water partition coefficient (Wildman–Crippen LogP) is 3.52. The molecule has 0 saturated heterocycles. The molecule has 1 unspecified atom stereocenters. The van der Waals surface area contributed by atoms with Crippen LogP contribution in [0, 0.1) is 5.92 Å². The van der Waals surface area contributed by atoms with Gasteiger partial charge in [-0.15, -0.1) is 0 Å². The van der Waals surface area contributed by atoms with Crippen molar-refractivity contribution in [3.63, 3.8) is 0 Å². The summed E-state index contributed by atoms with van der Waals surface area (Å²) in [7, 11) is 0. The Morgan fingerprint density at radius 2 is 2.11 bits per heavy atom. The summed E-state index contributed by atoms with van der Waals surface area (Å²) >= 11 is 0. The standard InChI is InChI=1S/C16H25NO/c1-2-13-7-9-15(17-12-13)11-16(18)10-8-14-5-3-4-6-14/h7,9,12,14,16,18H,2-6,8,10-11H2,1H3. The molecule has 0 spiro atoms. The van der Waals surface area contributed by atoms with E-state index in [2.05, 4.69) is 24.0 Å². The number of aryl methyl sites for hydroxylation is 1. The number of aliphatic hydroxyl groups is 1. The average Bonchev–Trinajstić information content (AvgIpc) is 2.90. The third kappa shape index (κ3) is 4.09. The molecule has 1 aliphatic rings. The van der Waals surface area contributed by atoms with Crippen LogP contribution >= 0.6 is 0 Å². The lowest BCUT2D eigenvalue weighted by atomic mass is 9.98. The first-order valence-corrected chi connectivity index (χ1v) is 7.39. The Labute approximate surface area is 110 Å². The Morgan fingerprint density at radius 1 is 1.33 bits per heavy atom. The normalized spacial score (nSPS) is 18.1. The van der Waals surface area contributed by atoms with E-state index < -0.39 is 0 Å². The van der Waals surface area contributed by atoms with Crippen molar-refractivity contribution in [3.05, 3.63) is 29.6 Å². The van der Waals surface area contributed by atoms with Crippen molar-refractivity contribution in [2.75, 3.05) is 0 Å². The third-order valence-corrected chi connectivity index (χ3v) is 4.12. The van der Waals surface area contributed by atoms with Crippen molar-refractivity contribution in [1.82, 2.24) is 4.98 Å². The highest BCUT2D eigenvalue weighted by atomic mass is 16.3. The fourth-order valence-corrected chi connectivity index (χ4v) is 2.86. The molecule has 2 nitrogen and oxygen atoms in total. The molecular formula is C16H25NO. The lowest BCUT2D eigenvalue weighted by Crippen LogP contribution is -2.13. The van der Waals surface area contributed by atoms with Crippen LogP contribution in [0.25, 0.3) is 0 Å². The van der Waals surface area contributed by atoms with E-state index in [1.54, 1.807) is 0 Å². The molecule has 0 aromatic carbocycles. The summed E-state index contributed by atoms with van der Waals surface area (Å²) in [6.07, 6.45) is 11.1. The van der Waals surface area contributed by atoms with Gasteiger partial charge in [0.05, 0.1) is 6.10 Å². The Morgan fingerprint density at radius 3 is 2.72 bits per heavy atom. The lowest BCUT2D eigenvalue weighted by molar-refractivity contribution is 0.154. The van der Waals surface area contributed by atoms with Gasteiger partial charge in [-0.25, -0.2) is 0 Å². The molecule has 0 bridgehead atoms. The largest absolute Gasteiger partial charge is 0.393 e. The van der Waals surface area contributed by atoms with Gasteiger partial charge in [0.1, 0.15) is 0 Å². The fraction of sp³-hybridized carbons (Fsp3) is 0.688. The highest BCUT2D eigenvalue weighted by molar-refractivity contribution is 5.14. The summed E-state index contributed by atoms with van der Waals surface area (Å²) in [5.74, 6) is 0.870. The van der Waals surface area contributed by atoms with E-state index in [0.29, 0.717) is 6.42 Å². The maximum Gasteiger partial charge on any atom is 0.0595 e. The minimum Gasteiger partial charge on any atom is -0.393 e. The number of hydrogen-bond donors (Lipinski definition) is 1. The summed E-state index contributed by atoms with van der Waals surface area (Å²) in [6.45, 7) is 2.13. The second-order valence-electron chi connectivity index (χ2n) is 5.60. The van der Waals surface area contributed by atoms with Crippen molar-refractivity contribution < 1.29 is 5.11 Å². The first-order chi connectivity index (χ1) is 8.78. The van der Waals surface area contributed by atoms with E-state index in [-0.39, 0.29) is 6.10 Å². The quantitative estimate of drug-likeness (QED) is 0.834. The van der Waals surface area contributed by atoms with Gasteiger partial charge in [0.25, 0.3) is 0 Å². The van der Waals surface area contributed by atoms with Crippen molar-refractivity contribution in [2.45, 2.75) is 64.4 Å². The molecule has 0 amide bonds. The maximum atomic E-state index is 10.0.